The van der Waals surface area contributed by atoms with Crippen LogP contribution < -0.4 is 5.32 Å². The molecule has 3 aromatic carbocycles. The van der Waals surface area contributed by atoms with E-state index >= 15 is 0 Å². The second-order valence-electron chi connectivity index (χ2n) is 8.13. The number of carbonyl (C=O) groups is 3. The SMILES string of the molecule is O=C(O)CN(Cc1ccccc1)C(=O)CCNC(=O)OCC1c2ccccc2-c2ccccc21. The van der Waals surface area contributed by atoms with Gasteiger partial charge in [0.2, 0.25) is 5.91 Å². The van der Waals surface area contributed by atoms with E-state index in [9.17, 15) is 14.4 Å². The summed E-state index contributed by atoms with van der Waals surface area (Å²) in [7, 11) is 0. The van der Waals surface area contributed by atoms with Crippen LogP contribution in [-0.2, 0) is 20.9 Å². The number of nitrogens with one attached hydrogen (secondary N) is 1. The number of rotatable bonds is 9. The monoisotopic (exact) mass is 458 g/mol. The Labute approximate surface area is 198 Å². The van der Waals surface area contributed by atoms with Crippen LogP contribution in [0.25, 0.3) is 11.1 Å². The van der Waals surface area contributed by atoms with Gasteiger partial charge in [-0.25, -0.2) is 4.79 Å². The predicted molar refractivity (Wildman–Crippen MR) is 127 cm³/mol. The number of hydrogen-bond acceptors (Lipinski definition) is 4. The predicted octanol–water partition coefficient (Wildman–Crippen LogP) is 4.03. The van der Waals surface area contributed by atoms with Crippen molar-refractivity contribution in [2.45, 2.75) is 18.9 Å². The molecule has 3 aromatic rings. The third kappa shape index (κ3) is 5.43. The number of fused-ring (bicyclic) bond motifs is 3. The van der Waals surface area contributed by atoms with Gasteiger partial charge in [-0.1, -0.05) is 78.9 Å². The molecule has 7 heteroatoms. The Morgan fingerprint density at radius 2 is 1.44 bits per heavy atom. The zero-order chi connectivity index (χ0) is 23.9. The minimum atomic E-state index is -1.09. The van der Waals surface area contributed by atoms with Crippen LogP contribution >= 0.6 is 0 Å². The topological polar surface area (TPSA) is 95.9 Å². The van der Waals surface area contributed by atoms with Gasteiger partial charge in [0, 0.05) is 25.4 Å². The van der Waals surface area contributed by atoms with Gasteiger partial charge in [0.1, 0.15) is 13.2 Å². The highest BCUT2D eigenvalue weighted by atomic mass is 16.5. The van der Waals surface area contributed by atoms with E-state index in [2.05, 4.69) is 17.4 Å². The molecule has 34 heavy (non-hydrogen) atoms. The van der Waals surface area contributed by atoms with Gasteiger partial charge in [0.25, 0.3) is 0 Å². The lowest BCUT2D eigenvalue weighted by Gasteiger charge is -2.21. The molecule has 0 spiro atoms. The van der Waals surface area contributed by atoms with Crippen LogP contribution in [0, 0.1) is 0 Å². The number of carboxylic acid groups (broad SMARTS) is 1. The number of benzene rings is 3. The summed E-state index contributed by atoms with van der Waals surface area (Å²) in [6, 6.07) is 25.3. The van der Waals surface area contributed by atoms with Crippen molar-refractivity contribution < 1.29 is 24.2 Å². The van der Waals surface area contributed by atoms with E-state index in [4.69, 9.17) is 9.84 Å². The maximum atomic E-state index is 12.6. The Hall–Kier alpha value is -4.13. The average molecular weight is 459 g/mol. The highest BCUT2D eigenvalue weighted by Crippen LogP contribution is 2.44. The highest BCUT2D eigenvalue weighted by molar-refractivity contribution is 5.82. The molecule has 0 bridgehead atoms. The number of alkyl carbamates (subject to hydrolysis) is 1. The number of carboxylic acids is 1. The summed E-state index contributed by atoms with van der Waals surface area (Å²) < 4.78 is 5.47. The van der Waals surface area contributed by atoms with Gasteiger partial charge in [-0.15, -0.1) is 0 Å². The average Bonchev–Trinajstić information content (AvgIpc) is 3.16. The molecule has 0 aliphatic heterocycles. The molecular formula is C27H26N2O5. The Bertz CT molecular complexity index is 1130. The van der Waals surface area contributed by atoms with Crippen LogP contribution in [0.4, 0.5) is 4.79 Å². The Morgan fingerprint density at radius 3 is 2.06 bits per heavy atom. The first-order chi connectivity index (χ1) is 16.5. The molecule has 0 saturated heterocycles. The van der Waals surface area contributed by atoms with Crippen LogP contribution in [0.15, 0.2) is 78.9 Å². The summed E-state index contributed by atoms with van der Waals surface area (Å²) in [5, 5.41) is 11.8. The standard InChI is InChI=1S/C27H26N2O5/c30-25(29(17-26(31)32)16-19-8-2-1-3-9-19)14-15-28-27(33)34-18-24-22-12-6-4-10-20(22)21-11-5-7-13-23(21)24/h1-13,24H,14-18H2,(H,28,33)(H,31,32). The van der Waals surface area contributed by atoms with Gasteiger partial charge in [0.05, 0.1) is 0 Å². The van der Waals surface area contributed by atoms with Crippen LogP contribution in [0.2, 0.25) is 0 Å². The van der Waals surface area contributed by atoms with Crippen molar-refractivity contribution in [2.75, 3.05) is 19.7 Å². The molecule has 1 aliphatic rings. The van der Waals surface area contributed by atoms with E-state index in [1.54, 1.807) is 0 Å². The first-order valence-electron chi connectivity index (χ1n) is 11.2. The van der Waals surface area contributed by atoms with Crippen LogP contribution in [0.1, 0.15) is 29.0 Å². The van der Waals surface area contributed by atoms with E-state index in [0.717, 1.165) is 27.8 Å². The van der Waals surface area contributed by atoms with Gasteiger partial charge >= 0.3 is 12.1 Å². The van der Waals surface area contributed by atoms with Crippen LogP contribution in [-0.4, -0.2) is 47.7 Å². The maximum Gasteiger partial charge on any atom is 0.407 e. The fourth-order valence-corrected chi connectivity index (χ4v) is 4.28. The van der Waals surface area contributed by atoms with Crippen molar-refractivity contribution >= 4 is 18.0 Å². The quantitative estimate of drug-likeness (QED) is 0.505. The fraction of sp³-hybridized carbons (Fsp3) is 0.222. The highest BCUT2D eigenvalue weighted by Gasteiger charge is 2.29. The zero-order valence-electron chi connectivity index (χ0n) is 18.6. The van der Waals surface area contributed by atoms with E-state index in [0.29, 0.717) is 0 Å². The molecule has 0 unspecified atom stereocenters. The van der Waals surface area contributed by atoms with E-state index in [1.165, 1.54) is 4.90 Å². The van der Waals surface area contributed by atoms with Gasteiger partial charge in [0.15, 0.2) is 0 Å². The number of ether oxygens (including phenoxy) is 1. The van der Waals surface area contributed by atoms with Gasteiger partial charge in [-0.05, 0) is 27.8 Å². The molecule has 0 aromatic heterocycles. The molecule has 0 radical (unpaired) electrons. The molecule has 0 fully saturated rings. The van der Waals surface area contributed by atoms with Crippen molar-refractivity contribution in [3.63, 3.8) is 0 Å². The molecule has 4 rings (SSSR count). The second-order valence-corrected chi connectivity index (χ2v) is 8.13. The molecule has 1 aliphatic carbocycles. The number of hydrogen-bond donors (Lipinski definition) is 2. The summed E-state index contributed by atoms with van der Waals surface area (Å²) in [6.45, 7) is 0.0307. The van der Waals surface area contributed by atoms with Gasteiger partial charge in [-0.2, -0.15) is 0 Å². The van der Waals surface area contributed by atoms with E-state index in [-0.39, 0.29) is 37.9 Å². The second kappa shape index (κ2) is 10.7. The van der Waals surface area contributed by atoms with E-state index < -0.39 is 18.6 Å². The smallest absolute Gasteiger partial charge is 0.407 e. The van der Waals surface area contributed by atoms with Crippen LogP contribution in [0.5, 0.6) is 0 Å². The lowest BCUT2D eigenvalue weighted by atomic mass is 9.98. The third-order valence-electron chi connectivity index (χ3n) is 5.85. The minimum absolute atomic E-state index is 0.0235. The maximum absolute atomic E-state index is 12.6. The summed E-state index contributed by atoms with van der Waals surface area (Å²) >= 11 is 0. The van der Waals surface area contributed by atoms with Crippen molar-refractivity contribution in [3.8, 4) is 11.1 Å². The fourth-order valence-electron chi connectivity index (χ4n) is 4.28. The molecule has 7 nitrogen and oxygen atoms in total. The van der Waals surface area contributed by atoms with Gasteiger partial charge < -0.3 is 20.1 Å². The Kier molecular flexibility index (Phi) is 7.22. The Balaban J connectivity index is 1.28. The lowest BCUT2D eigenvalue weighted by Crippen LogP contribution is -2.37. The lowest BCUT2D eigenvalue weighted by molar-refractivity contribution is -0.144. The number of carbonyl (C=O) groups excluding carboxylic acids is 2. The minimum Gasteiger partial charge on any atom is -0.480 e. The molecule has 0 atom stereocenters. The molecule has 0 saturated carbocycles. The third-order valence-corrected chi connectivity index (χ3v) is 5.85. The van der Waals surface area contributed by atoms with Gasteiger partial charge in [-0.3, -0.25) is 9.59 Å². The zero-order valence-corrected chi connectivity index (χ0v) is 18.6. The van der Waals surface area contributed by atoms with Crippen molar-refractivity contribution in [2.24, 2.45) is 0 Å². The summed E-state index contributed by atoms with van der Waals surface area (Å²) in [5.41, 5.74) is 5.37. The normalized spacial score (nSPS) is 11.9. The van der Waals surface area contributed by atoms with Crippen molar-refractivity contribution in [1.29, 1.82) is 0 Å². The van der Waals surface area contributed by atoms with Crippen LogP contribution in [0.3, 0.4) is 0 Å². The number of aliphatic carboxylic acids is 1. The van der Waals surface area contributed by atoms with Crippen molar-refractivity contribution in [1.82, 2.24) is 10.2 Å². The molecular weight excluding hydrogens is 432 g/mol. The molecule has 174 valence electrons. The molecule has 2 amide bonds. The first kappa shape index (κ1) is 23.0. The largest absolute Gasteiger partial charge is 0.480 e. The summed E-state index contributed by atoms with van der Waals surface area (Å²) in [4.78, 5) is 37.3. The Morgan fingerprint density at radius 1 is 0.853 bits per heavy atom. The first-order valence-corrected chi connectivity index (χ1v) is 11.2. The summed E-state index contributed by atoms with van der Waals surface area (Å²) in [6.07, 6.45) is -0.632. The molecule has 2 N–H and O–H groups in total. The number of nitrogens with zero attached hydrogens (tertiary/aromatic N) is 1. The van der Waals surface area contributed by atoms with Crippen molar-refractivity contribution in [3.05, 3.63) is 95.6 Å². The molecule has 0 heterocycles. The number of amides is 2. The van der Waals surface area contributed by atoms with E-state index in [1.807, 2.05) is 66.7 Å². The summed E-state index contributed by atoms with van der Waals surface area (Å²) in [5.74, 6) is -1.49.